The third-order valence-electron chi connectivity index (χ3n) is 2.39. The molecule has 2 atom stereocenters. The Balaban J connectivity index is 2.05. The van der Waals surface area contributed by atoms with Gasteiger partial charge in [-0.25, -0.2) is 0 Å². The number of aliphatic hydroxyl groups is 1. The first-order valence-electron chi connectivity index (χ1n) is 4.07. The van der Waals surface area contributed by atoms with Crippen LogP contribution >= 0.6 is 0 Å². The maximum Gasteiger partial charge on any atom is 0.0462 e. The first-order chi connectivity index (χ1) is 4.77. The van der Waals surface area contributed by atoms with Crippen LogP contribution in [0.1, 0.15) is 13.3 Å². The summed E-state index contributed by atoms with van der Waals surface area (Å²) in [4.78, 5) is 2.31. The Bertz CT molecular complexity index is 105. The molecule has 0 aliphatic heterocycles. The summed E-state index contributed by atoms with van der Waals surface area (Å²) in [6, 6.07) is 0. The van der Waals surface area contributed by atoms with Gasteiger partial charge in [-0.2, -0.15) is 0 Å². The van der Waals surface area contributed by atoms with Crippen molar-refractivity contribution in [2.45, 2.75) is 13.3 Å². The van der Waals surface area contributed by atoms with E-state index < -0.39 is 0 Å². The molecule has 2 unspecified atom stereocenters. The van der Waals surface area contributed by atoms with Crippen LogP contribution in [-0.4, -0.2) is 36.8 Å². The largest absolute Gasteiger partial charge is 0.396 e. The van der Waals surface area contributed by atoms with Gasteiger partial charge in [-0.05, 0) is 31.8 Å². The summed E-state index contributed by atoms with van der Waals surface area (Å²) in [5.41, 5.74) is 0. The molecule has 0 aromatic heterocycles. The molecule has 0 saturated heterocycles. The number of hydrogen-bond donors (Lipinski definition) is 1. The molecule has 2 heteroatoms. The van der Waals surface area contributed by atoms with Crippen molar-refractivity contribution in [1.82, 2.24) is 4.90 Å². The van der Waals surface area contributed by atoms with E-state index in [2.05, 4.69) is 18.9 Å². The van der Waals surface area contributed by atoms with Gasteiger partial charge in [0.2, 0.25) is 0 Å². The molecule has 60 valence electrons. The summed E-state index contributed by atoms with van der Waals surface area (Å²) in [6.45, 7) is 4.84. The number of nitrogens with zero attached hydrogens (tertiary/aromatic N) is 1. The van der Waals surface area contributed by atoms with Crippen LogP contribution in [0.15, 0.2) is 0 Å². The standard InChI is InChI=1S/C8H17NO/c1-3-9(2)5-7-4-8(7)6-10/h7-8,10H,3-6H2,1-2H3. The summed E-state index contributed by atoms with van der Waals surface area (Å²) in [6.07, 6.45) is 1.24. The van der Waals surface area contributed by atoms with E-state index in [9.17, 15) is 0 Å². The highest BCUT2D eigenvalue weighted by Crippen LogP contribution is 2.37. The highest BCUT2D eigenvalue weighted by atomic mass is 16.3. The number of aliphatic hydroxyl groups excluding tert-OH is 1. The lowest BCUT2D eigenvalue weighted by Crippen LogP contribution is -2.20. The molecule has 1 aliphatic rings. The molecule has 0 spiro atoms. The second-order valence-electron chi connectivity index (χ2n) is 3.29. The van der Waals surface area contributed by atoms with E-state index in [1.54, 1.807) is 0 Å². The molecular weight excluding hydrogens is 126 g/mol. The van der Waals surface area contributed by atoms with E-state index in [1.807, 2.05) is 0 Å². The minimum absolute atomic E-state index is 0.391. The quantitative estimate of drug-likeness (QED) is 0.622. The lowest BCUT2D eigenvalue weighted by molar-refractivity contribution is 0.255. The maximum atomic E-state index is 8.74. The van der Waals surface area contributed by atoms with Crippen LogP contribution in [0.4, 0.5) is 0 Å². The van der Waals surface area contributed by atoms with Crippen LogP contribution in [0.2, 0.25) is 0 Å². The van der Waals surface area contributed by atoms with E-state index in [-0.39, 0.29) is 0 Å². The molecule has 1 rings (SSSR count). The summed E-state index contributed by atoms with van der Waals surface area (Å²) in [5, 5.41) is 8.74. The third-order valence-corrected chi connectivity index (χ3v) is 2.39. The molecule has 1 saturated carbocycles. The molecule has 1 aliphatic carbocycles. The van der Waals surface area contributed by atoms with Gasteiger partial charge in [0.25, 0.3) is 0 Å². The Morgan fingerprint density at radius 3 is 2.60 bits per heavy atom. The van der Waals surface area contributed by atoms with Gasteiger partial charge in [0.05, 0.1) is 0 Å². The molecule has 0 heterocycles. The van der Waals surface area contributed by atoms with Crippen LogP contribution in [0.3, 0.4) is 0 Å². The van der Waals surface area contributed by atoms with Crippen LogP contribution < -0.4 is 0 Å². The number of hydrogen-bond acceptors (Lipinski definition) is 2. The van der Waals surface area contributed by atoms with Crippen molar-refractivity contribution in [2.75, 3.05) is 26.7 Å². The van der Waals surface area contributed by atoms with Gasteiger partial charge < -0.3 is 10.0 Å². The van der Waals surface area contributed by atoms with E-state index >= 15 is 0 Å². The Morgan fingerprint density at radius 1 is 1.50 bits per heavy atom. The van der Waals surface area contributed by atoms with Crippen molar-refractivity contribution in [3.05, 3.63) is 0 Å². The summed E-state index contributed by atoms with van der Waals surface area (Å²) in [5.74, 6) is 1.41. The van der Waals surface area contributed by atoms with Crippen LogP contribution in [-0.2, 0) is 0 Å². The van der Waals surface area contributed by atoms with E-state index in [0.717, 1.165) is 12.5 Å². The van der Waals surface area contributed by atoms with Gasteiger partial charge in [-0.15, -0.1) is 0 Å². The Hall–Kier alpha value is -0.0800. The Labute approximate surface area is 62.8 Å². The second-order valence-corrected chi connectivity index (χ2v) is 3.29. The third kappa shape index (κ3) is 1.96. The first-order valence-corrected chi connectivity index (χ1v) is 4.07. The van der Waals surface area contributed by atoms with E-state index in [0.29, 0.717) is 12.5 Å². The zero-order chi connectivity index (χ0) is 7.56. The first kappa shape index (κ1) is 8.02. The smallest absolute Gasteiger partial charge is 0.0462 e. The van der Waals surface area contributed by atoms with Crippen LogP contribution in [0.5, 0.6) is 0 Å². The summed E-state index contributed by atoms with van der Waals surface area (Å²) < 4.78 is 0. The lowest BCUT2D eigenvalue weighted by atomic mass is 10.3. The maximum absolute atomic E-state index is 8.74. The highest BCUT2D eigenvalue weighted by Gasteiger charge is 2.36. The average Bonchev–Trinajstić information content (AvgIpc) is 2.67. The van der Waals surface area contributed by atoms with Gasteiger partial charge >= 0.3 is 0 Å². The predicted molar refractivity (Wildman–Crippen MR) is 41.9 cm³/mol. The normalized spacial score (nSPS) is 31.2. The zero-order valence-corrected chi connectivity index (χ0v) is 6.88. The lowest BCUT2D eigenvalue weighted by Gasteiger charge is -2.12. The van der Waals surface area contributed by atoms with Crippen molar-refractivity contribution in [3.63, 3.8) is 0 Å². The fourth-order valence-electron chi connectivity index (χ4n) is 1.29. The van der Waals surface area contributed by atoms with Crippen molar-refractivity contribution < 1.29 is 5.11 Å². The fraction of sp³-hybridized carbons (Fsp3) is 1.00. The topological polar surface area (TPSA) is 23.5 Å². The van der Waals surface area contributed by atoms with Gasteiger partial charge in [0, 0.05) is 13.2 Å². The van der Waals surface area contributed by atoms with Gasteiger partial charge in [-0.3, -0.25) is 0 Å². The SMILES string of the molecule is CCN(C)CC1CC1CO. The molecule has 0 radical (unpaired) electrons. The van der Waals surface area contributed by atoms with Crippen molar-refractivity contribution in [2.24, 2.45) is 11.8 Å². The highest BCUT2D eigenvalue weighted by molar-refractivity contribution is 4.87. The molecule has 0 aromatic rings. The predicted octanol–water partition coefficient (Wildman–Crippen LogP) is 0.567. The molecular formula is C8H17NO. The zero-order valence-electron chi connectivity index (χ0n) is 6.88. The molecule has 2 nitrogen and oxygen atoms in total. The minimum atomic E-state index is 0.391. The Morgan fingerprint density at radius 2 is 2.20 bits per heavy atom. The molecule has 0 bridgehead atoms. The Kier molecular flexibility index (Phi) is 2.69. The number of rotatable bonds is 4. The second kappa shape index (κ2) is 3.35. The average molecular weight is 143 g/mol. The van der Waals surface area contributed by atoms with Crippen molar-refractivity contribution in [1.29, 1.82) is 0 Å². The molecule has 10 heavy (non-hydrogen) atoms. The summed E-state index contributed by atoms with van der Waals surface area (Å²) >= 11 is 0. The van der Waals surface area contributed by atoms with Gasteiger partial charge in [0.15, 0.2) is 0 Å². The minimum Gasteiger partial charge on any atom is -0.396 e. The molecule has 1 fully saturated rings. The van der Waals surface area contributed by atoms with Gasteiger partial charge in [0.1, 0.15) is 0 Å². The fourth-order valence-corrected chi connectivity index (χ4v) is 1.29. The molecule has 0 amide bonds. The molecule has 1 N–H and O–H groups in total. The summed E-state index contributed by atoms with van der Waals surface area (Å²) in [7, 11) is 2.13. The van der Waals surface area contributed by atoms with E-state index in [4.69, 9.17) is 5.11 Å². The monoisotopic (exact) mass is 143 g/mol. The van der Waals surface area contributed by atoms with Crippen LogP contribution in [0, 0.1) is 11.8 Å². The molecule has 0 aromatic carbocycles. The van der Waals surface area contributed by atoms with Gasteiger partial charge in [-0.1, -0.05) is 6.92 Å². The van der Waals surface area contributed by atoms with E-state index in [1.165, 1.54) is 13.0 Å². The van der Waals surface area contributed by atoms with Crippen LogP contribution in [0.25, 0.3) is 0 Å². The van der Waals surface area contributed by atoms with Crippen molar-refractivity contribution in [3.8, 4) is 0 Å². The van der Waals surface area contributed by atoms with Crippen molar-refractivity contribution >= 4 is 0 Å².